The minimum Gasteiger partial charge on any atom is -0.387 e. The number of aliphatic hydroxyl groups excluding tert-OH is 1. The Bertz CT molecular complexity index is 911. The van der Waals surface area contributed by atoms with E-state index in [9.17, 15) is 14.3 Å². The van der Waals surface area contributed by atoms with Gasteiger partial charge in [-0.2, -0.15) is 4.37 Å². The molecule has 3 aromatic rings. The predicted molar refractivity (Wildman–Crippen MR) is 106 cm³/mol. The molecule has 1 heterocycles. The van der Waals surface area contributed by atoms with Gasteiger partial charge in [0.05, 0.1) is 17.3 Å². The lowest BCUT2D eigenvalue weighted by Gasteiger charge is -2.27. The molecule has 2 N–H and O–H groups in total. The molecule has 0 aliphatic carbocycles. The van der Waals surface area contributed by atoms with Gasteiger partial charge >= 0.3 is 6.03 Å². The monoisotopic (exact) mass is 387 g/mol. The summed E-state index contributed by atoms with van der Waals surface area (Å²) in [5, 5.41) is 14.3. The molecule has 27 heavy (non-hydrogen) atoms. The zero-order chi connectivity index (χ0) is 19.4. The number of aromatic nitrogens is 1. The van der Waals surface area contributed by atoms with Gasteiger partial charge in [0.25, 0.3) is 0 Å². The van der Waals surface area contributed by atoms with E-state index < -0.39 is 6.10 Å². The zero-order valence-electron chi connectivity index (χ0n) is 15.2. The number of anilines is 1. The summed E-state index contributed by atoms with van der Waals surface area (Å²) in [5.74, 6) is -0.124. The van der Waals surface area contributed by atoms with Crippen LogP contribution >= 0.6 is 11.5 Å². The average molecular weight is 387 g/mol. The normalized spacial score (nSPS) is 12.3. The number of hydrogen-bond donors (Lipinski definition) is 2. The van der Waals surface area contributed by atoms with Crippen molar-refractivity contribution in [2.75, 3.05) is 18.4 Å². The van der Waals surface area contributed by atoms with E-state index in [1.165, 1.54) is 35.8 Å². The molecule has 0 fully saturated rings. The summed E-state index contributed by atoms with van der Waals surface area (Å²) in [6.07, 6.45) is 0.874. The SMILES string of the molecule is CC(C)CN(C[C@@H](O)c1ccc(F)cc1)C(=O)Nc1ccc2sncc2c1. The molecule has 0 radical (unpaired) electrons. The number of nitrogens with one attached hydrogen (secondary N) is 1. The molecule has 142 valence electrons. The number of carbonyl (C=O) groups is 1. The van der Waals surface area contributed by atoms with Crippen LogP contribution in [-0.4, -0.2) is 33.5 Å². The Morgan fingerprint density at radius 2 is 1.96 bits per heavy atom. The molecule has 0 unspecified atom stereocenters. The van der Waals surface area contributed by atoms with Crippen LogP contribution in [0.2, 0.25) is 0 Å². The molecule has 0 bridgehead atoms. The van der Waals surface area contributed by atoms with Gasteiger partial charge in [-0.1, -0.05) is 26.0 Å². The molecule has 2 amide bonds. The maximum atomic E-state index is 13.1. The number of benzene rings is 2. The van der Waals surface area contributed by atoms with Gasteiger partial charge in [0.1, 0.15) is 5.82 Å². The molecule has 0 spiro atoms. The summed E-state index contributed by atoms with van der Waals surface area (Å²) < 4.78 is 18.3. The minimum atomic E-state index is -0.890. The molecule has 5 nitrogen and oxygen atoms in total. The molecule has 2 aromatic carbocycles. The fraction of sp³-hybridized carbons (Fsp3) is 0.300. The Balaban J connectivity index is 1.72. The van der Waals surface area contributed by atoms with Gasteiger partial charge in [0.2, 0.25) is 0 Å². The smallest absolute Gasteiger partial charge is 0.321 e. The number of hydrogen-bond acceptors (Lipinski definition) is 4. The lowest BCUT2D eigenvalue weighted by Crippen LogP contribution is -2.40. The molecule has 7 heteroatoms. The van der Waals surface area contributed by atoms with Crippen molar-refractivity contribution in [1.82, 2.24) is 9.27 Å². The highest BCUT2D eigenvalue weighted by Crippen LogP contribution is 2.23. The molecule has 0 saturated carbocycles. The first-order valence-corrected chi connectivity index (χ1v) is 9.53. The lowest BCUT2D eigenvalue weighted by molar-refractivity contribution is 0.121. The second kappa shape index (κ2) is 8.45. The number of fused-ring (bicyclic) bond motifs is 1. The van der Waals surface area contributed by atoms with Crippen molar-refractivity contribution in [1.29, 1.82) is 0 Å². The summed E-state index contributed by atoms with van der Waals surface area (Å²) in [7, 11) is 0. The predicted octanol–water partition coefficient (Wildman–Crippen LogP) is 4.66. The Kier molecular flexibility index (Phi) is 6.03. The van der Waals surface area contributed by atoms with E-state index in [-0.39, 0.29) is 24.3 Å². The van der Waals surface area contributed by atoms with E-state index in [0.29, 0.717) is 17.8 Å². The standard InChI is InChI=1S/C20H22FN3O2S/c1-13(2)11-24(12-18(25)14-3-5-16(21)6-4-14)20(26)23-17-7-8-19-15(9-17)10-22-27-19/h3-10,13,18,25H,11-12H2,1-2H3,(H,23,26)/t18-/m1/s1. The summed E-state index contributed by atoms with van der Waals surface area (Å²) >= 11 is 1.40. The number of urea groups is 1. The van der Waals surface area contributed by atoms with E-state index in [4.69, 9.17) is 0 Å². The Morgan fingerprint density at radius 3 is 2.67 bits per heavy atom. The average Bonchev–Trinajstić information content (AvgIpc) is 3.09. The quantitative estimate of drug-likeness (QED) is 0.647. The van der Waals surface area contributed by atoms with Crippen LogP contribution < -0.4 is 5.32 Å². The molecular weight excluding hydrogens is 365 g/mol. The molecule has 1 atom stereocenters. The van der Waals surface area contributed by atoms with Crippen LogP contribution in [0.5, 0.6) is 0 Å². The van der Waals surface area contributed by atoms with Crippen molar-refractivity contribution in [3.8, 4) is 0 Å². The number of rotatable bonds is 6. The first-order chi connectivity index (χ1) is 12.9. The van der Waals surface area contributed by atoms with Gasteiger partial charge in [-0.05, 0) is 53.3 Å². The van der Waals surface area contributed by atoms with Gasteiger partial charge in [-0.3, -0.25) is 0 Å². The molecule has 0 saturated heterocycles. The van der Waals surface area contributed by atoms with Gasteiger partial charge in [0.15, 0.2) is 0 Å². The topological polar surface area (TPSA) is 65.5 Å². The second-order valence-corrected chi connectivity index (χ2v) is 7.71. The third-order valence-electron chi connectivity index (χ3n) is 4.12. The summed E-state index contributed by atoms with van der Waals surface area (Å²) in [5.41, 5.74) is 1.25. The lowest BCUT2D eigenvalue weighted by atomic mass is 10.1. The highest BCUT2D eigenvalue weighted by atomic mass is 32.1. The van der Waals surface area contributed by atoms with Crippen molar-refractivity contribution in [3.05, 3.63) is 60.0 Å². The summed E-state index contributed by atoms with van der Waals surface area (Å²) in [6, 6.07) is 11.0. The van der Waals surface area contributed by atoms with Crippen molar-refractivity contribution in [2.45, 2.75) is 20.0 Å². The van der Waals surface area contributed by atoms with E-state index in [1.54, 1.807) is 11.1 Å². The number of carbonyl (C=O) groups excluding carboxylic acids is 1. The largest absolute Gasteiger partial charge is 0.387 e. The Labute approximate surface area is 161 Å². The van der Waals surface area contributed by atoms with Crippen molar-refractivity contribution >= 4 is 33.3 Å². The molecule has 3 rings (SSSR count). The fourth-order valence-electron chi connectivity index (χ4n) is 2.83. The number of amides is 2. The molecular formula is C20H22FN3O2S. The zero-order valence-corrected chi connectivity index (χ0v) is 16.0. The Morgan fingerprint density at radius 1 is 1.22 bits per heavy atom. The van der Waals surface area contributed by atoms with Crippen LogP contribution in [0, 0.1) is 11.7 Å². The number of nitrogens with zero attached hydrogens (tertiary/aromatic N) is 2. The van der Waals surface area contributed by atoms with Crippen LogP contribution in [-0.2, 0) is 0 Å². The molecule has 0 aliphatic heterocycles. The van der Waals surface area contributed by atoms with Gasteiger partial charge in [0, 0.05) is 23.8 Å². The van der Waals surface area contributed by atoms with Gasteiger partial charge < -0.3 is 15.3 Å². The third-order valence-corrected chi connectivity index (χ3v) is 4.90. The fourth-order valence-corrected chi connectivity index (χ4v) is 3.46. The number of aliphatic hydroxyl groups is 1. The van der Waals surface area contributed by atoms with Crippen molar-refractivity contribution < 1.29 is 14.3 Å². The molecule has 1 aromatic heterocycles. The summed E-state index contributed by atoms with van der Waals surface area (Å²) in [4.78, 5) is 14.4. The highest BCUT2D eigenvalue weighted by Gasteiger charge is 2.20. The third kappa shape index (κ3) is 5.02. The Hall–Kier alpha value is -2.51. The van der Waals surface area contributed by atoms with E-state index in [1.807, 2.05) is 32.0 Å². The van der Waals surface area contributed by atoms with Crippen LogP contribution in [0.3, 0.4) is 0 Å². The van der Waals surface area contributed by atoms with Gasteiger partial charge in [-0.25, -0.2) is 9.18 Å². The highest BCUT2D eigenvalue weighted by molar-refractivity contribution is 7.13. The van der Waals surface area contributed by atoms with Crippen LogP contribution in [0.1, 0.15) is 25.5 Å². The van der Waals surface area contributed by atoms with Crippen molar-refractivity contribution in [2.24, 2.45) is 5.92 Å². The second-order valence-electron chi connectivity index (χ2n) is 6.87. The van der Waals surface area contributed by atoms with E-state index in [0.717, 1.165) is 10.1 Å². The van der Waals surface area contributed by atoms with Crippen LogP contribution in [0.25, 0.3) is 10.1 Å². The minimum absolute atomic E-state index is 0.123. The van der Waals surface area contributed by atoms with Crippen LogP contribution in [0.15, 0.2) is 48.7 Å². The maximum Gasteiger partial charge on any atom is 0.321 e. The van der Waals surface area contributed by atoms with E-state index in [2.05, 4.69) is 9.69 Å². The number of halogens is 1. The summed E-state index contributed by atoms with van der Waals surface area (Å²) in [6.45, 7) is 4.63. The maximum absolute atomic E-state index is 13.1. The van der Waals surface area contributed by atoms with E-state index >= 15 is 0 Å². The van der Waals surface area contributed by atoms with Gasteiger partial charge in [-0.15, -0.1) is 0 Å². The first kappa shape index (κ1) is 19.3. The first-order valence-electron chi connectivity index (χ1n) is 8.76. The molecule has 0 aliphatic rings. The van der Waals surface area contributed by atoms with Crippen LogP contribution in [0.4, 0.5) is 14.9 Å². The van der Waals surface area contributed by atoms with Crippen molar-refractivity contribution in [3.63, 3.8) is 0 Å².